The maximum absolute atomic E-state index is 11.7. The summed E-state index contributed by atoms with van der Waals surface area (Å²) in [5, 5.41) is 9.84. The second kappa shape index (κ2) is 6.13. The molecule has 6 heteroatoms. The molecular weight excluding hydrogens is 284 g/mol. The van der Waals surface area contributed by atoms with Crippen molar-refractivity contribution in [2.24, 2.45) is 10.1 Å². The van der Waals surface area contributed by atoms with Gasteiger partial charge in [0.2, 0.25) is 5.91 Å². The number of para-hydroxylation sites is 1. The first kappa shape index (κ1) is 13.9. The van der Waals surface area contributed by atoms with Crippen LogP contribution >= 0.6 is 11.8 Å². The third-order valence-electron chi connectivity index (χ3n) is 3.31. The van der Waals surface area contributed by atoms with E-state index in [1.54, 1.807) is 6.08 Å². The number of hydrogen-bond acceptors (Lipinski definition) is 5. The topological polar surface area (TPSA) is 57.1 Å². The predicted molar refractivity (Wildman–Crippen MR) is 86.9 cm³/mol. The van der Waals surface area contributed by atoms with Crippen molar-refractivity contribution in [3.05, 3.63) is 42.5 Å². The summed E-state index contributed by atoms with van der Waals surface area (Å²) < 4.78 is 0. The van der Waals surface area contributed by atoms with Crippen molar-refractivity contribution in [1.82, 2.24) is 10.3 Å². The average molecular weight is 300 g/mol. The molecule has 0 saturated carbocycles. The highest BCUT2D eigenvalue weighted by atomic mass is 32.2. The fourth-order valence-corrected chi connectivity index (χ4v) is 3.18. The zero-order chi connectivity index (χ0) is 14.7. The minimum atomic E-state index is -0.0267. The summed E-state index contributed by atoms with van der Waals surface area (Å²) >= 11 is 1.41. The van der Waals surface area contributed by atoms with Crippen LogP contribution in [0, 0.1) is 0 Å². The Morgan fingerprint density at radius 3 is 3.24 bits per heavy atom. The minimum absolute atomic E-state index is 0.0267. The van der Waals surface area contributed by atoms with Gasteiger partial charge in [0.1, 0.15) is 0 Å². The van der Waals surface area contributed by atoms with Gasteiger partial charge in [0.05, 0.1) is 17.5 Å². The zero-order valence-corrected chi connectivity index (χ0v) is 12.3. The minimum Gasteiger partial charge on any atom is -0.352 e. The molecule has 108 valence electrons. The molecule has 2 heterocycles. The molecule has 0 fully saturated rings. The number of carbonyl (C=O) groups excluding carboxylic acids is 1. The van der Waals surface area contributed by atoms with Crippen LogP contribution in [-0.2, 0) is 4.79 Å². The summed E-state index contributed by atoms with van der Waals surface area (Å²) in [7, 11) is 0. The molecular formula is C15H16N4OS. The molecule has 0 radical (unpaired) electrons. The number of benzene rings is 1. The molecule has 0 aromatic heterocycles. The standard InChI is InChI=1S/C15H16N4OS/c1-2-8-16-14(20)10-21-15-18-12-6-4-3-5-11(12)13-7-9-17-19(13)15/h2-6,9,13H,1,7-8,10H2,(H,16,20). The van der Waals surface area contributed by atoms with Gasteiger partial charge in [-0.05, 0) is 6.07 Å². The number of rotatable bonds is 4. The first-order valence-electron chi connectivity index (χ1n) is 6.79. The van der Waals surface area contributed by atoms with E-state index in [9.17, 15) is 4.79 Å². The molecule has 0 spiro atoms. The van der Waals surface area contributed by atoms with E-state index in [1.165, 1.54) is 17.3 Å². The lowest BCUT2D eigenvalue weighted by molar-refractivity contribution is -0.118. The lowest BCUT2D eigenvalue weighted by Gasteiger charge is -2.29. The number of hydrazone groups is 1. The second-order valence-corrected chi connectivity index (χ2v) is 5.67. The van der Waals surface area contributed by atoms with Crippen molar-refractivity contribution in [2.75, 3.05) is 12.3 Å². The Hall–Kier alpha value is -2.08. The molecule has 0 aliphatic carbocycles. The van der Waals surface area contributed by atoms with Crippen LogP contribution in [0.15, 0.2) is 47.0 Å². The molecule has 1 amide bonds. The number of nitrogens with zero attached hydrogens (tertiary/aromatic N) is 3. The first-order valence-corrected chi connectivity index (χ1v) is 7.78. The smallest absolute Gasteiger partial charge is 0.230 e. The van der Waals surface area contributed by atoms with Gasteiger partial charge in [-0.25, -0.2) is 10.0 Å². The van der Waals surface area contributed by atoms with Gasteiger partial charge in [-0.2, -0.15) is 5.10 Å². The molecule has 2 aliphatic heterocycles. The van der Waals surface area contributed by atoms with Gasteiger partial charge in [0.15, 0.2) is 5.17 Å². The predicted octanol–water partition coefficient (Wildman–Crippen LogP) is 2.46. The zero-order valence-electron chi connectivity index (χ0n) is 11.5. The largest absolute Gasteiger partial charge is 0.352 e. The van der Waals surface area contributed by atoms with E-state index in [2.05, 4.69) is 28.1 Å². The summed E-state index contributed by atoms with van der Waals surface area (Å²) in [4.78, 5) is 16.3. The van der Waals surface area contributed by atoms with Gasteiger partial charge < -0.3 is 5.32 Å². The van der Waals surface area contributed by atoms with E-state index >= 15 is 0 Å². The highest BCUT2D eigenvalue weighted by Crippen LogP contribution is 2.40. The van der Waals surface area contributed by atoms with Crippen LogP contribution in [0.1, 0.15) is 18.0 Å². The first-order chi connectivity index (χ1) is 10.3. The average Bonchev–Trinajstić information content (AvgIpc) is 3.00. The SMILES string of the molecule is C=CCNC(=O)CSC1=Nc2ccccc2C2CC=NN12. The van der Waals surface area contributed by atoms with Crippen molar-refractivity contribution in [2.45, 2.75) is 12.5 Å². The summed E-state index contributed by atoms with van der Waals surface area (Å²) in [6, 6.07) is 8.29. The van der Waals surface area contributed by atoms with Crippen LogP contribution in [0.2, 0.25) is 0 Å². The van der Waals surface area contributed by atoms with Crippen LogP contribution in [-0.4, -0.2) is 34.6 Å². The number of amides is 1. The maximum atomic E-state index is 11.7. The van der Waals surface area contributed by atoms with Gasteiger partial charge in [-0.3, -0.25) is 4.79 Å². The quantitative estimate of drug-likeness (QED) is 0.869. The summed E-state index contributed by atoms with van der Waals surface area (Å²) in [5.74, 6) is 0.300. The van der Waals surface area contributed by atoms with E-state index in [4.69, 9.17) is 0 Å². The molecule has 3 rings (SSSR count). The number of carbonyl (C=O) groups is 1. The molecule has 1 unspecified atom stereocenters. The second-order valence-electron chi connectivity index (χ2n) is 4.73. The molecule has 1 N–H and O–H groups in total. The molecule has 0 saturated heterocycles. The highest BCUT2D eigenvalue weighted by molar-refractivity contribution is 8.14. The van der Waals surface area contributed by atoms with Crippen molar-refractivity contribution in [3.8, 4) is 0 Å². The van der Waals surface area contributed by atoms with Crippen LogP contribution in [0.5, 0.6) is 0 Å². The van der Waals surface area contributed by atoms with Crippen molar-refractivity contribution < 1.29 is 4.79 Å². The lowest BCUT2D eigenvalue weighted by atomic mass is 10.0. The lowest BCUT2D eigenvalue weighted by Crippen LogP contribution is -2.30. The van der Waals surface area contributed by atoms with E-state index in [0.717, 1.165) is 17.3 Å². The van der Waals surface area contributed by atoms with Crippen LogP contribution in [0.25, 0.3) is 0 Å². The molecule has 5 nitrogen and oxygen atoms in total. The number of fused-ring (bicyclic) bond motifs is 3. The van der Waals surface area contributed by atoms with Gasteiger partial charge in [-0.1, -0.05) is 36.0 Å². The highest BCUT2D eigenvalue weighted by Gasteiger charge is 2.32. The number of thioether (sulfide) groups is 1. The molecule has 21 heavy (non-hydrogen) atoms. The van der Waals surface area contributed by atoms with Crippen LogP contribution in [0.4, 0.5) is 5.69 Å². The van der Waals surface area contributed by atoms with Crippen LogP contribution in [0.3, 0.4) is 0 Å². The Kier molecular flexibility index (Phi) is 4.06. The van der Waals surface area contributed by atoms with Crippen LogP contribution < -0.4 is 5.32 Å². The van der Waals surface area contributed by atoms with Crippen molar-refractivity contribution >= 4 is 34.7 Å². The third-order valence-corrected chi connectivity index (χ3v) is 4.26. The Labute approximate surface area is 127 Å². The van der Waals surface area contributed by atoms with Gasteiger partial charge >= 0.3 is 0 Å². The van der Waals surface area contributed by atoms with Crippen molar-refractivity contribution in [3.63, 3.8) is 0 Å². The number of hydrogen-bond donors (Lipinski definition) is 1. The Morgan fingerprint density at radius 2 is 2.38 bits per heavy atom. The number of nitrogens with one attached hydrogen (secondary N) is 1. The van der Waals surface area contributed by atoms with E-state index in [-0.39, 0.29) is 11.9 Å². The van der Waals surface area contributed by atoms with E-state index < -0.39 is 0 Å². The summed E-state index contributed by atoms with van der Waals surface area (Å²) in [5.41, 5.74) is 2.16. The monoisotopic (exact) mass is 300 g/mol. The van der Waals surface area contributed by atoms with Gasteiger partial charge in [0.25, 0.3) is 0 Å². The molecule has 1 atom stereocenters. The molecule has 2 aliphatic rings. The fraction of sp³-hybridized carbons (Fsp3) is 0.267. The van der Waals surface area contributed by atoms with E-state index in [0.29, 0.717) is 12.3 Å². The number of aliphatic imine (C=N–C) groups is 1. The Bertz CT molecular complexity index is 626. The van der Waals surface area contributed by atoms with Crippen molar-refractivity contribution in [1.29, 1.82) is 0 Å². The Balaban J connectivity index is 1.75. The molecule has 1 aromatic rings. The summed E-state index contributed by atoms with van der Waals surface area (Å²) in [6.45, 7) is 4.06. The Morgan fingerprint density at radius 1 is 1.52 bits per heavy atom. The summed E-state index contributed by atoms with van der Waals surface area (Å²) in [6.07, 6.45) is 4.44. The molecule has 1 aromatic carbocycles. The van der Waals surface area contributed by atoms with E-state index in [1.807, 2.05) is 29.4 Å². The number of amidine groups is 1. The van der Waals surface area contributed by atoms with Gasteiger partial charge in [0, 0.05) is 24.7 Å². The van der Waals surface area contributed by atoms with Gasteiger partial charge in [-0.15, -0.1) is 6.58 Å². The normalized spacial score (nSPS) is 18.8. The maximum Gasteiger partial charge on any atom is 0.230 e. The fourth-order valence-electron chi connectivity index (χ4n) is 2.35. The molecule has 0 bridgehead atoms. The third kappa shape index (κ3) is 2.85.